The van der Waals surface area contributed by atoms with E-state index >= 15 is 0 Å². The van der Waals surface area contributed by atoms with Crippen molar-refractivity contribution in [2.24, 2.45) is 0 Å². The first kappa shape index (κ1) is 26.4. The van der Waals surface area contributed by atoms with Gasteiger partial charge in [0, 0.05) is 9.52 Å². The van der Waals surface area contributed by atoms with Gasteiger partial charge in [0.15, 0.2) is 0 Å². The van der Waals surface area contributed by atoms with Crippen LogP contribution in [0, 0.1) is 6.92 Å². The molecule has 4 aromatic rings. The van der Waals surface area contributed by atoms with Crippen molar-refractivity contribution in [3.05, 3.63) is 83.9 Å². The molecule has 4 aromatic carbocycles. The molecule has 0 N–H and O–H groups in total. The van der Waals surface area contributed by atoms with Gasteiger partial charge in [-0.1, -0.05) is 58.3 Å². The second kappa shape index (κ2) is 16.1. The first-order chi connectivity index (χ1) is 14.1. The normalized spacial score (nSPS) is 9.45. The van der Waals surface area contributed by atoms with Gasteiger partial charge in [-0.3, -0.25) is 0 Å². The molecule has 0 unspecified atom stereocenters. The number of hydrogen-bond donors (Lipinski definition) is 0. The van der Waals surface area contributed by atoms with Gasteiger partial charge in [-0.2, -0.15) is 11.6 Å². The van der Waals surface area contributed by atoms with Gasteiger partial charge in [-0.25, -0.2) is 0 Å². The third kappa shape index (κ3) is 9.79. The summed E-state index contributed by atoms with van der Waals surface area (Å²) in [7, 11) is 11.0. The number of fused-ring (bicyclic) bond motifs is 2. The maximum atomic E-state index is 4.93. The standard InChI is InChI=1S/C13H15.C10H9.C2H6Si.2ClH.Zr/c1-2-3-6-11-9-10-12-7-4-5-8-13(11)12;1-8-6-9-4-2-3-5-10(9)7-8;1-3-2;;;/h4-5,7-10H,2-3,6H2,1H3;2-7H,1H3;1-2H3;2*1H;/q2*-1;;;;+4/p-2. The monoisotopic (exact) mass is 518 g/mol. The van der Waals surface area contributed by atoms with Crippen molar-refractivity contribution in [1.82, 2.24) is 0 Å². The minimum atomic E-state index is -0.826. The molecular formula is C25H30Cl2SiZr. The molecule has 0 fully saturated rings. The van der Waals surface area contributed by atoms with E-state index in [0.29, 0.717) is 0 Å². The summed E-state index contributed by atoms with van der Waals surface area (Å²) in [5.74, 6) is 0. The predicted octanol–water partition coefficient (Wildman–Crippen LogP) is 8.93. The number of aryl methyl sites for hydroxylation is 2. The summed E-state index contributed by atoms with van der Waals surface area (Å²) in [6.07, 6.45) is 3.80. The van der Waals surface area contributed by atoms with Gasteiger partial charge in [0.2, 0.25) is 0 Å². The van der Waals surface area contributed by atoms with Crippen molar-refractivity contribution in [2.45, 2.75) is 46.2 Å². The van der Waals surface area contributed by atoms with Crippen LogP contribution in [0.15, 0.2) is 72.8 Å². The van der Waals surface area contributed by atoms with E-state index < -0.39 is 20.8 Å². The number of unbranched alkanes of at least 4 members (excludes halogenated alkanes) is 1. The van der Waals surface area contributed by atoms with Crippen LogP contribution in [0.1, 0.15) is 30.9 Å². The van der Waals surface area contributed by atoms with Gasteiger partial charge < -0.3 is 0 Å². The molecule has 2 radical (unpaired) electrons. The van der Waals surface area contributed by atoms with E-state index in [1.165, 1.54) is 51.9 Å². The summed E-state index contributed by atoms with van der Waals surface area (Å²) >= 11 is -0.826. The number of benzene rings is 2. The van der Waals surface area contributed by atoms with Crippen LogP contribution in [-0.2, 0) is 27.3 Å². The number of halogens is 2. The third-order valence-electron chi connectivity index (χ3n) is 4.33. The molecular weight excluding hydrogens is 490 g/mol. The first-order valence-electron chi connectivity index (χ1n) is 9.91. The summed E-state index contributed by atoms with van der Waals surface area (Å²) < 4.78 is 0. The Labute approximate surface area is 197 Å². The zero-order chi connectivity index (χ0) is 21.5. The van der Waals surface area contributed by atoms with Crippen LogP contribution in [0.3, 0.4) is 0 Å². The van der Waals surface area contributed by atoms with Crippen LogP contribution in [-0.4, -0.2) is 9.52 Å². The van der Waals surface area contributed by atoms with E-state index in [4.69, 9.17) is 17.0 Å². The molecule has 0 aliphatic carbocycles. The summed E-state index contributed by atoms with van der Waals surface area (Å²) in [6.45, 7) is 8.67. The van der Waals surface area contributed by atoms with Gasteiger partial charge in [-0.05, 0) is 0 Å². The maximum absolute atomic E-state index is 4.93. The van der Waals surface area contributed by atoms with E-state index in [2.05, 4.69) is 99.7 Å². The SMILES string of the molecule is CCCCc1c[cH-]c2ccccc12.C[Si]C.Cc1cc2ccccc2[cH-]1.[Cl][Zr+2][Cl]. The Morgan fingerprint density at radius 3 is 2.17 bits per heavy atom. The molecule has 152 valence electrons. The van der Waals surface area contributed by atoms with E-state index in [1.807, 2.05) is 0 Å². The van der Waals surface area contributed by atoms with Crippen LogP contribution in [0.2, 0.25) is 13.1 Å². The van der Waals surface area contributed by atoms with Gasteiger partial charge in [0.05, 0.1) is 0 Å². The molecule has 0 nitrogen and oxygen atoms in total. The zero-order valence-corrected chi connectivity index (χ0v) is 22.8. The van der Waals surface area contributed by atoms with Crippen LogP contribution in [0.25, 0.3) is 21.5 Å². The predicted molar refractivity (Wildman–Crippen MR) is 132 cm³/mol. The molecule has 0 heterocycles. The average molecular weight is 521 g/mol. The van der Waals surface area contributed by atoms with Crippen molar-refractivity contribution in [1.29, 1.82) is 0 Å². The topological polar surface area (TPSA) is 0 Å². The third-order valence-corrected chi connectivity index (χ3v) is 4.33. The van der Waals surface area contributed by atoms with E-state index in [0.717, 1.165) is 9.52 Å². The molecule has 0 saturated heterocycles. The Kier molecular flexibility index (Phi) is 14.6. The summed E-state index contributed by atoms with van der Waals surface area (Å²) in [4.78, 5) is 0. The van der Waals surface area contributed by atoms with E-state index in [-0.39, 0.29) is 0 Å². The van der Waals surface area contributed by atoms with Crippen molar-refractivity contribution >= 4 is 48.1 Å². The molecule has 4 rings (SSSR count). The molecule has 4 heteroatoms. The fourth-order valence-corrected chi connectivity index (χ4v) is 3.11. The first-order valence-corrected chi connectivity index (χ1v) is 18.2. The van der Waals surface area contributed by atoms with Crippen LogP contribution < -0.4 is 0 Å². The van der Waals surface area contributed by atoms with Crippen molar-refractivity contribution in [2.75, 3.05) is 0 Å². The molecule has 29 heavy (non-hydrogen) atoms. The van der Waals surface area contributed by atoms with E-state index in [9.17, 15) is 0 Å². The number of rotatable bonds is 3. The van der Waals surface area contributed by atoms with Gasteiger partial charge >= 0.3 is 37.9 Å². The van der Waals surface area contributed by atoms with Gasteiger partial charge in [0.1, 0.15) is 0 Å². The molecule has 0 atom stereocenters. The second-order valence-corrected chi connectivity index (χ2v) is 11.5. The van der Waals surface area contributed by atoms with Crippen LogP contribution in [0.4, 0.5) is 0 Å². The van der Waals surface area contributed by atoms with Crippen molar-refractivity contribution in [3.63, 3.8) is 0 Å². The van der Waals surface area contributed by atoms with Crippen LogP contribution in [0.5, 0.6) is 0 Å². The fourth-order valence-electron chi connectivity index (χ4n) is 3.11. The Hall–Kier alpha value is -0.660. The second-order valence-electron chi connectivity index (χ2n) is 6.78. The minimum absolute atomic E-state index is 0.826. The summed E-state index contributed by atoms with van der Waals surface area (Å²) in [5.41, 5.74) is 2.86. The molecule has 0 amide bonds. The zero-order valence-electron chi connectivity index (χ0n) is 17.8. The van der Waals surface area contributed by atoms with Gasteiger partial charge in [-0.15, -0.1) is 81.7 Å². The van der Waals surface area contributed by atoms with E-state index in [1.54, 1.807) is 0 Å². The molecule has 0 saturated carbocycles. The Morgan fingerprint density at radius 2 is 1.55 bits per heavy atom. The fraction of sp³-hybridized carbons (Fsp3) is 0.280. The summed E-state index contributed by atoms with van der Waals surface area (Å²) in [6, 6.07) is 26.0. The molecule has 0 aliphatic rings. The van der Waals surface area contributed by atoms with Gasteiger partial charge in [0.25, 0.3) is 0 Å². The molecule has 0 aliphatic heterocycles. The quantitative estimate of drug-likeness (QED) is 0.187. The Morgan fingerprint density at radius 1 is 0.966 bits per heavy atom. The van der Waals surface area contributed by atoms with Crippen molar-refractivity contribution < 1.29 is 20.8 Å². The Balaban J connectivity index is 0.000000233. The Bertz CT molecular complexity index is 892. The molecule has 0 bridgehead atoms. The molecule has 0 spiro atoms. The summed E-state index contributed by atoms with van der Waals surface area (Å²) in [5, 5.41) is 5.52. The number of hydrogen-bond acceptors (Lipinski definition) is 0. The average Bonchev–Trinajstić information content (AvgIpc) is 3.30. The van der Waals surface area contributed by atoms with Crippen molar-refractivity contribution in [3.8, 4) is 0 Å². The molecule has 0 aromatic heterocycles. The van der Waals surface area contributed by atoms with Crippen LogP contribution >= 0.6 is 17.0 Å².